The maximum absolute atomic E-state index is 10.8. The van der Waals surface area contributed by atoms with E-state index in [4.69, 9.17) is 4.55 Å². The summed E-state index contributed by atoms with van der Waals surface area (Å²) in [7, 11) is -4.02. The van der Waals surface area contributed by atoms with Crippen molar-refractivity contribution in [2.45, 2.75) is 31.6 Å². The first-order valence-corrected chi connectivity index (χ1v) is 5.67. The van der Waals surface area contributed by atoms with Crippen molar-refractivity contribution < 1.29 is 17.8 Å². The van der Waals surface area contributed by atoms with Crippen LogP contribution in [0.2, 0.25) is 0 Å². The van der Waals surface area contributed by atoms with Crippen molar-refractivity contribution in [2.75, 3.05) is 0 Å². The van der Waals surface area contributed by atoms with Gasteiger partial charge in [0, 0.05) is 6.04 Å². The molecule has 0 saturated heterocycles. The summed E-state index contributed by atoms with van der Waals surface area (Å²) in [4.78, 5) is 10.8. The predicted molar refractivity (Wildman–Crippen MR) is 53.4 cm³/mol. The van der Waals surface area contributed by atoms with Crippen LogP contribution in [-0.2, 0) is 14.9 Å². The van der Waals surface area contributed by atoms with Gasteiger partial charge in [0.15, 0.2) is 0 Å². The monoisotopic (exact) mass is 221 g/mol. The van der Waals surface area contributed by atoms with Gasteiger partial charge in [-0.2, -0.15) is 8.42 Å². The zero-order valence-electron chi connectivity index (χ0n) is 8.23. The highest BCUT2D eigenvalue weighted by Crippen LogP contribution is 2.06. The summed E-state index contributed by atoms with van der Waals surface area (Å²) in [5.41, 5.74) is 0. The minimum atomic E-state index is -4.02. The second kappa shape index (κ2) is 5.11. The van der Waals surface area contributed by atoms with E-state index in [0.29, 0.717) is 0 Å². The molecule has 0 spiro atoms. The molecule has 0 aliphatic carbocycles. The Bertz CT molecular complexity index is 309. The zero-order valence-corrected chi connectivity index (χ0v) is 9.04. The fourth-order valence-corrected chi connectivity index (χ4v) is 1.51. The number of carbonyl (C=O) groups is 1. The Morgan fingerprint density at radius 3 is 2.43 bits per heavy atom. The minimum absolute atomic E-state index is 0.165. The fraction of sp³-hybridized carbons (Fsp3) is 0.625. The molecule has 2 unspecified atom stereocenters. The molecule has 0 bridgehead atoms. The van der Waals surface area contributed by atoms with Crippen LogP contribution in [0.25, 0.3) is 0 Å². The van der Waals surface area contributed by atoms with Gasteiger partial charge in [-0.25, -0.2) is 0 Å². The average molecular weight is 221 g/mol. The molecule has 0 aromatic rings. The van der Waals surface area contributed by atoms with E-state index < -0.39 is 15.4 Å². The number of amides is 1. The number of nitrogens with one attached hydrogen (secondary N) is 1. The van der Waals surface area contributed by atoms with Gasteiger partial charge in [-0.1, -0.05) is 6.58 Å². The topological polar surface area (TPSA) is 83.5 Å². The lowest BCUT2D eigenvalue weighted by Gasteiger charge is -2.15. The molecule has 2 atom stereocenters. The van der Waals surface area contributed by atoms with Crippen molar-refractivity contribution in [3.05, 3.63) is 12.7 Å². The summed E-state index contributed by atoms with van der Waals surface area (Å²) in [6.45, 7) is 6.30. The number of hydrogen-bond donors (Lipinski definition) is 2. The molecule has 0 aliphatic rings. The van der Waals surface area contributed by atoms with Crippen molar-refractivity contribution >= 4 is 16.0 Å². The maximum atomic E-state index is 10.8. The van der Waals surface area contributed by atoms with Crippen LogP contribution < -0.4 is 5.32 Å². The van der Waals surface area contributed by atoms with Crippen molar-refractivity contribution in [2.24, 2.45) is 0 Å². The highest BCUT2D eigenvalue weighted by atomic mass is 32.2. The second-order valence-corrected chi connectivity index (χ2v) is 5.01. The van der Waals surface area contributed by atoms with Crippen LogP contribution in [0.1, 0.15) is 20.3 Å². The van der Waals surface area contributed by atoms with E-state index in [-0.39, 0.29) is 18.4 Å². The Labute approximate surface area is 83.9 Å². The van der Waals surface area contributed by atoms with Crippen LogP contribution in [0.4, 0.5) is 0 Å². The molecular formula is C8H15NO4S. The molecule has 0 radical (unpaired) electrons. The third-order valence-electron chi connectivity index (χ3n) is 1.77. The quantitative estimate of drug-likeness (QED) is 0.518. The molecule has 0 heterocycles. The van der Waals surface area contributed by atoms with Crippen LogP contribution in [0.15, 0.2) is 12.7 Å². The molecule has 0 aliphatic heterocycles. The van der Waals surface area contributed by atoms with Gasteiger partial charge in [-0.3, -0.25) is 9.35 Å². The lowest BCUT2D eigenvalue weighted by molar-refractivity contribution is -0.117. The van der Waals surface area contributed by atoms with E-state index in [1.54, 1.807) is 6.92 Å². The van der Waals surface area contributed by atoms with E-state index in [1.807, 2.05) is 0 Å². The standard InChI is InChI=1S/C8H15NO4S/c1-4-8(10)9-6(2)5-7(3)14(11,12)13/h4,6-7H,1,5H2,2-3H3,(H,9,10)(H,11,12,13). The SMILES string of the molecule is C=CC(=O)NC(C)CC(C)S(=O)(=O)O. The molecule has 0 rings (SSSR count). The molecule has 0 aromatic carbocycles. The van der Waals surface area contributed by atoms with Gasteiger partial charge in [0.2, 0.25) is 5.91 Å². The van der Waals surface area contributed by atoms with Gasteiger partial charge >= 0.3 is 0 Å². The Morgan fingerprint density at radius 1 is 1.57 bits per heavy atom. The third kappa shape index (κ3) is 4.98. The first-order valence-electron chi connectivity index (χ1n) is 4.16. The Kier molecular flexibility index (Phi) is 4.79. The summed E-state index contributed by atoms with van der Waals surface area (Å²) in [6, 6.07) is -0.322. The number of hydrogen-bond acceptors (Lipinski definition) is 3. The molecule has 6 heteroatoms. The van der Waals surface area contributed by atoms with Gasteiger partial charge in [0.1, 0.15) is 0 Å². The average Bonchev–Trinajstić information content (AvgIpc) is 2.02. The Morgan fingerprint density at radius 2 is 2.07 bits per heavy atom. The van der Waals surface area contributed by atoms with Gasteiger partial charge in [-0.05, 0) is 26.3 Å². The number of rotatable bonds is 5. The summed E-state index contributed by atoms with van der Waals surface area (Å²) in [5, 5.41) is 1.61. The van der Waals surface area contributed by atoms with E-state index >= 15 is 0 Å². The van der Waals surface area contributed by atoms with Crippen molar-refractivity contribution in [1.82, 2.24) is 5.32 Å². The van der Waals surface area contributed by atoms with Gasteiger partial charge in [0.05, 0.1) is 5.25 Å². The molecular weight excluding hydrogens is 206 g/mol. The Hall–Kier alpha value is -0.880. The van der Waals surface area contributed by atoms with Crippen LogP contribution in [0, 0.1) is 0 Å². The largest absolute Gasteiger partial charge is 0.350 e. The smallest absolute Gasteiger partial charge is 0.267 e. The first kappa shape index (κ1) is 13.1. The third-order valence-corrected chi connectivity index (χ3v) is 2.98. The van der Waals surface area contributed by atoms with Gasteiger partial charge in [0.25, 0.3) is 10.1 Å². The number of carbonyl (C=O) groups excluding carboxylic acids is 1. The van der Waals surface area contributed by atoms with Crippen molar-refractivity contribution in [1.29, 1.82) is 0 Å². The maximum Gasteiger partial charge on any atom is 0.267 e. The Balaban J connectivity index is 4.13. The molecule has 82 valence electrons. The minimum Gasteiger partial charge on any atom is -0.350 e. The molecule has 0 aromatic heterocycles. The molecule has 2 N–H and O–H groups in total. The highest BCUT2D eigenvalue weighted by molar-refractivity contribution is 7.86. The van der Waals surface area contributed by atoms with E-state index in [9.17, 15) is 13.2 Å². The highest BCUT2D eigenvalue weighted by Gasteiger charge is 2.20. The molecule has 14 heavy (non-hydrogen) atoms. The van der Waals surface area contributed by atoms with Crippen LogP contribution in [0.5, 0.6) is 0 Å². The normalized spacial score (nSPS) is 15.6. The molecule has 1 amide bonds. The van der Waals surface area contributed by atoms with Crippen LogP contribution in [-0.4, -0.2) is 30.2 Å². The van der Waals surface area contributed by atoms with Crippen LogP contribution in [0.3, 0.4) is 0 Å². The summed E-state index contributed by atoms with van der Waals surface area (Å²) in [5.74, 6) is -0.361. The molecule has 5 nitrogen and oxygen atoms in total. The summed E-state index contributed by atoms with van der Waals surface area (Å²) < 4.78 is 30.0. The lowest BCUT2D eigenvalue weighted by atomic mass is 10.2. The van der Waals surface area contributed by atoms with Crippen molar-refractivity contribution in [3.63, 3.8) is 0 Å². The summed E-state index contributed by atoms with van der Waals surface area (Å²) in [6.07, 6.45) is 1.27. The molecule has 0 saturated carbocycles. The van der Waals surface area contributed by atoms with Crippen LogP contribution >= 0.6 is 0 Å². The zero-order chi connectivity index (χ0) is 11.4. The van der Waals surface area contributed by atoms with Gasteiger partial charge in [-0.15, -0.1) is 0 Å². The van der Waals surface area contributed by atoms with Crippen molar-refractivity contribution in [3.8, 4) is 0 Å². The lowest BCUT2D eigenvalue weighted by Crippen LogP contribution is -2.35. The second-order valence-electron chi connectivity index (χ2n) is 3.18. The van der Waals surface area contributed by atoms with Gasteiger partial charge < -0.3 is 5.32 Å². The predicted octanol–water partition coefficient (Wildman–Crippen LogP) is 0.343. The van der Waals surface area contributed by atoms with E-state index in [2.05, 4.69) is 11.9 Å². The first-order chi connectivity index (χ1) is 6.27. The molecule has 0 fully saturated rings. The fourth-order valence-electron chi connectivity index (χ4n) is 0.980. The summed E-state index contributed by atoms with van der Waals surface area (Å²) >= 11 is 0. The van der Waals surface area contributed by atoms with E-state index in [1.165, 1.54) is 6.92 Å². The van der Waals surface area contributed by atoms with E-state index in [0.717, 1.165) is 6.08 Å².